The molecule has 3 aliphatic heterocycles. The molecule has 0 aromatic rings. The zero-order valence-electron chi connectivity index (χ0n) is 43.2. The Balaban J connectivity index is 1.27. The molecule has 5 rings (SSSR count). The zero-order chi connectivity index (χ0) is 55.4. The minimum atomic E-state index is -5.33. The molecule has 11 atom stereocenters. The molecular weight excluding hydrogens is 971 g/mol. The Hall–Kier alpha value is -5.68. The Morgan fingerprint density at radius 3 is 1.67 bits per heavy atom. The quantitative estimate of drug-likeness (QED) is 0.0979. The van der Waals surface area contributed by atoms with Gasteiger partial charge in [-0.25, -0.2) is 0 Å². The first kappa shape index (κ1) is 58.2. The number of nitrogens with zero attached hydrogens (tertiary/aromatic N) is 3. The van der Waals surface area contributed by atoms with Crippen LogP contribution in [0.15, 0.2) is 0 Å². The van der Waals surface area contributed by atoms with Crippen LogP contribution < -0.4 is 37.2 Å². The lowest BCUT2D eigenvalue weighted by Gasteiger charge is -2.37. The van der Waals surface area contributed by atoms with Crippen molar-refractivity contribution in [3.8, 4) is 12.1 Å². The van der Waals surface area contributed by atoms with Gasteiger partial charge in [0.2, 0.25) is 35.4 Å². The fourth-order valence-corrected chi connectivity index (χ4v) is 10.9. The summed E-state index contributed by atoms with van der Waals surface area (Å²) in [4.78, 5) is 107. The number of likely N-dealkylation sites (tertiary alicyclic amines) is 1. The maximum Gasteiger partial charge on any atom is 0.471 e. The third-order valence-electron chi connectivity index (χ3n) is 15.5. The van der Waals surface area contributed by atoms with E-state index >= 15 is 0 Å². The van der Waals surface area contributed by atoms with Crippen molar-refractivity contribution in [2.24, 2.45) is 45.3 Å². The number of alkyl halides is 6. The first-order valence-electron chi connectivity index (χ1n) is 24.6. The van der Waals surface area contributed by atoms with Crippen molar-refractivity contribution < 1.29 is 64.7 Å². The third kappa shape index (κ3) is 13.7. The Labute approximate surface area is 421 Å². The number of hydrogen-bond acceptors (Lipinski definition) is 10. The Morgan fingerprint density at radius 2 is 1.19 bits per heavy atom. The van der Waals surface area contributed by atoms with Crippen molar-refractivity contribution in [2.75, 3.05) is 6.54 Å². The number of piperidine rings is 1. The molecule has 0 aromatic carbocycles. The lowest BCUT2D eigenvalue weighted by Crippen LogP contribution is -2.61. The first-order chi connectivity index (χ1) is 33.2. The highest BCUT2D eigenvalue weighted by Crippen LogP contribution is 2.65. The van der Waals surface area contributed by atoms with E-state index in [4.69, 9.17) is 0 Å². The second kappa shape index (κ2) is 20.2. The van der Waals surface area contributed by atoms with Gasteiger partial charge >= 0.3 is 24.2 Å². The van der Waals surface area contributed by atoms with Gasteiger partial charge in [-0.05, 0) is 98.2 Å². The highest BCUT2D eigenvalue weighted by molar-refractivity contribution is 5.96. The standard InChI is InChI=1S/C49H70F6N10O8/c1-42(2,3)32(61-40(72)48(50,51)52)38(70)60-29(36(68)58-26(21-56)17-25-19-47(14-15-47)64-35(25)67)20-44(7,8)12-13-46(11)18-24(34(66)63-46)16-27(22-57)59-37(69)31-30-28(45(30,9)10)23-65(31)39(71)33(43(4,5)6)62-41(73)49(53,54)55/h24-33H,12-20,23H2,1-11H3,(H,58,68)(H,59,69)(H,60,70)(H,61,72)(H,62,73)(H,63,66)(H,64,67)/t24-,25?,26?,27+,28+,29?,30+,31+,32?,33-,46?/m1/s1. The topological polar surface area (TPSA) is 272 Å². The number of nitriles is 2. The molecule has 8 amide bonds. The summed E-state index contributed by atoms with van der Waals surface area (Å²) in [5.74, 6) is -11.0. The fraction of sp³-hybridized carbons (Fsp3) is 0.796. The summed E-state index contributed by atoms with van der Waals surface area (Å²) in [7, 11) is 0. The van der Waals surface area contributed by atoms with Crippen LogP contribution in [0.2, 0.25) is 0 Å². The van der Waals surface area contributed by atoms with Crippen molar-refractivity contribution in [3.63, 3.8) is 0 Å². The van der Waals surface area contributed by atoms with E-state index in [0.29, 0.717) is 6.42 Å². The van der Waals surface area contributed by atoms with Gasteiger partial charge in [-0.3, -0.25) is 38.4 Å². The molecule has 5 fully saturated rings. The van der Waals surface area contributed by atoms with Crippen LogP contribution in [0.3, 0.4) is 0 Å². The van der Waals surface area contributed by atoms with Crippen LogP contribution in [0.25, 0.3) is 0 Å². The van der Waals surface area contributed by atoms with E-state index in [9.17, 15) is 75.2 Å². The van der Waals surface area contributed by atoms with Crippen LogP contribution >= 0.6 is 0 Å². The number of carbonyl (C=O) groups excluding carboxylic acids is 8. The maximum absolute atomic E-state index is 14.1. The number of fused-ring (bicyclic) bond motifs is 1. The van der Waals surface area contributed by atoms with E-state index in [1.54, 1.807) is 31.4 Å². The summed E-state index contributed by atoms with van der Waals surface area (Å²) in [6.45, 7) is 17.7. The highest BCUT2D eigenvalue weighted by atomic mass is 19.4. The minimum Gasteiger partial charge on any atom is -0.351 e. The predicted molar refractivity (Wildman–Crippen MR) is 248 cm³/mol. The number of hydrogen-bond donors (Lipinski definition) is 7. The Kier molecular flexibility index (Phi) is 16.1. The predicted octanol–water partition coefficient (Wildman–Crippen LogP) is 3.70. The average molecular weight is 1040 g/mol. The maximum atomic E-state index is 14.1. The highest BCUT2D eigenvalue weighted by Gasteiger charge is 2.70. The van der Waals surface area contributed by atoms with E-state index in [-0.39, 0.29) is 62.4 Å². The minimum absolute atomic E-state index is 0.0246. The molecule has 24 heteroatoms. The number of carbonyl (C=O) groups is 8. The molecule has 3 saturated heterocycles. The van der Waals surface area contributed by atoms with Crippen molar-refractivity contribution in [1.29, 1.82) is 10.5 Å². The lowest BCUT2D eigenvalue weighted by atomic mass is 9.76. The van der Waals surface area contributed by atoms with Gasteiger partial charge in [0.05, 0.1) is 12.1 Å². The van der Waals surface area contributed by atoms with Crippen LogP contribution in [0.1, 0.15) is 134 Å². The third-order valence-corrected chi connectivity index (χ3v) is 15.5. The summed E-state index contributed by atoms with van der Waals surface area (Å²) < 4.78 is 80.2. The average Bonchev–Trinajstić information content (AvgIpc) is 3.89. The number of rotatable bonds is 18. The molecule has 73 heavy (non-hydrogen) atoms. The summed E-state index contributed by atoms with van der Waals surface area (Å²) in [5.41, 5.74) is -5.03. The smallest absolute Gasteiger partial charge is 0.351 e. The summed E-state index contributed by atoms with van der Waals surface area (Å²) >= 11 is 0. The van der Waals surface area contributed by atoms with Gasteiger partial charge in [-0.2, -0.15) is 36.9 Å². The zero-order valence-corrected chi connectivity index (χ0v) is 43.2. The van der Waals surface area contributed by atoms with Gasteiger partial charge in [-0.15, -0.1) is 0 Å². The molecule has 1 spiro atoms. The molecule has 0 radical (unpaired) electrons. The fourth-order valence-electron chi connectivity index (χ4n) is 10.9. The van der Waals surface area contributed by atoms with Crippen LogP contribution in [-0.2, 0) is 38.4 Å². The van der Waals surface area contributed by atoms with E-state index in [0.717, 1.165) is 17.7 Å². The van der Waals surface area contributed by atoms with Gasteiger partial charge in [0.15, 0.2) is 0 Å². The van der Waals surface area contributed by atoms with Crippen molar-refractivity contribution >= 4 is 47.3 Å². The molecular formula is C49H70F6N10O8. The van der Waals surface area contributed by atoms with Crippen LogP contribution in [0.5, 0.6) is 0 Å². The van der Waals surface area contributed by atoms with Gasteiger partial charge < -0.3 is 42.1 Å². The van der Waals surface area contributed by atoms with Crippen molar-refractivity contribution in [3.05, 3.63) is 0 Å². The second-order valence-electron chi connectivity index (χ2n) is 24.8. The van der Waals surface area contributed by atoms with Gasteiger partial charge in [-0.1, -0.05) is 69.2 Å². The molecule has 2 saturated carbocycles. The van der Waals surface area contributed by atoms with E-state index in [1.165, 1.54) is 41.5 Å². The molecule has 406 valence electrons. The van der Waals surface area contributed by atoms with Gasteiger partial charge in [0.25, 0.3) is 0 Å². The number of nitrogens with one attached hydrogen (secondary N) is 7. The molecule has 18 nitrogen and oxygen atoms in total. The lowest BCUT2D eigenvalue weighted by molar-refractivity contribution is -0.176. The van der Waals surface area contributed by atoms with Crippen molar-refractivity contribution in [2.45, 2.75) is 194 Å². The Bertz CT molecular complexity index is 2310. The summed E-state index contributed by atoms with van der Waals surface area (Å²) in [6.07, 6.45) is -8.21. The summed E-state index contributed by atoms with van der Waals surface area (Å²) in [6, 6.07) is -4.53. The largest absolute Gasteiger partial charge is 0.471 e. The molecule has 0 bridgehead atoms. The normalized spacial score (nSPS) is 27.1. The van der Waals surface area contributed by atoms with E-state index < -0.39 is 135 Å². The van der Waals surface area contributed by atoms with Gasteiger partial charge in [0, 0.05) is 29.5 Å². The molecule has 2 aliphatic carbocycles. The SMILES string of the molecule is CC(C)(CCC1(C)C[C@@H](C[C@@H](C#N)NC(=O)[C@@H]2[C@@H]3[C@H](CN2C(=O)[C@@H](NC(=O)C(F)(F)F)C(C)(C)C)C3(C)C)C(=O)N1)CC(NC(=O)C(NC(=O)C(F)(F)F)C(C)(C)C)C(=O)NC(C#N)CC1CC2(CC2)NC1=O. The molecule has 7 N–H and O–H groups in total. The van der Waals surface area contributed by atoms with Gasteiger partial charge in [0.1, 0.15) is 36.3 Å². The summed E-state index contributed by atoms with van der Waals surface area (Å²) in [5, 5.41) is 37.5. The molecule has 0 aromatic heterocycles. The Morgan fingerprint density at radius 1 is 0.699 bits per heavy atom. The monoisotopic (exact) mass is 1040 g/mol. The van der Waals surface area contributed by atoms with E-state index in [2.05, 4.69) is 26.6 Å². The number of halogens is 6. The van der Waals surface area contributed by atoms with Crippen LogP contribution in [-0.4, -0.2) is 118 Å². The van der Waals surface area contributed by atoms with E-state index in [1.807, 2.05) is 26.0 Å². The molecule has 5 unspecified atom stereocenters. The molecule has 5 aliphatic rings. The molecule has 3 heterocycles. The number of amides is 8. The van der Waals surface area contributed by atoms with Crippen molar-refractivity contribution in [1.82, 2.24) is 42.1 Å². The van der Waals surface area contributed by atoms with Crippen LogP contribution in [0.4, 0.5) is 26.3 Å². The second-order valence-corrected chi connectivity index (χ2v) is 24.8. The van der Waals surface area contributed by atoms with Crippen LogP contribution in [0, 0.1) is 68.0 Å². The first-order valence-corrected chi connectivity index (χ1v) is 24.6.